The number of nitrogens with one attached hydrogen (secondary N) is 1. The van der Waals surface area contributed by atoms with Crippen molar-refractivity contribution in [1.29, 1.82) is 0 Å². The summed E-state index contributed by atoms with van der Waals surface area (Å²) in [6, 6.07) is 0.907. The third kappa shape index (κ3) is 1.24. The van der Waals surface area contributed by atoms with E-state index in [-0.39, 0.29) is 0 Å². The summed E-state index contributed by atoms with van der Waals surface area (Å²) < 4.78 is 0. The van der Waals surface area contributed by atoms with Crippen LogP contribution in [-0.2, 0) is 0 Å². The molecule has 0 aromatic rings. The number of piperidine rings is 1. The Morgan fingerprint density at radius 2 is 1.79 bits per heavy atom. The Morgan fingerprint density at radius 1 is 1.00 bits per heavy atom. The van der Waals surface area contributed by atoms with Crippen LogP contribution >= 0.6 is 0 Å². The Kier molecular flexibility index (Phi) is 2.29. The van der Waals surface area contributed by atoms with Crippen LogP contribution in [-0.4, -0.2) is 30.7 Å². The summed E-state index contributed by atoms with van der Waals surface area (Å²) in [7, 11) is 2.34. The second-order valence-corrected chi connectivity index (χ2v) is 5.39. The van der Waals surface area contributed by atoms with E-state index in [0.29, 0.717) is 0 Å². The highest BCUT2D eigenvalue weighted by atomic mass is 15.3. The van der Waals surface area contributed by atoms with Gasteiger partial charge in [0.1, 0.15) is 0 Å². The molecule has 2 heteroatoms. The number of rotatable bonds is 0. The normalized spacial score (nSPS) is 48.6. The molecule has 4 unspecified atom stereocenters. The van der Waals surface area contributed by atoms with Crippen LogP contribution in [0.25, 0.3) is 0 Å². The highest BCUT2D eigenvalue weighted by molar-refractivity contribution is 5.00. The number of likely N-dealkylation sites (tertiary alicyclic amines) is 1. The van der Waals surface area contributed by atoms with Gasteiger partial charge in [-0.1, -0.05) is 12.8 Å². The van der Waals surface area contributed by atoms with Crippen molar-refractivity contribution in [2.24, 2.45) is 11.8 Å². The van der Waals surface area contributed by atoms with E-state index in [4.69, 9.17) is 0 Å². The van der Waals surface area contributed by atoms with Gasteiger partial charge in [0, 0.05) is 6.04 Å². The van der Waals surface area contributed by atoms with Gasteiger partial charge < -0.3 is 5.32 Å². The zero-order valence-electron chi connectivity index (χ0n) is 9.21. The molecule has 3 rings (SSSR count). The average molecular weight is 194 g/mol. The van der Waals surface area contributed by atoms with Crippen molar-refractivity contribution >= 4 is 0 Å². The summed E-state index contributed by atoms with van der Waals surface area (Å²) in [4.78, 5) is 2.65. The average Bonchev–Trinajstić information content (AvgIpc) is 2.55. The predicted molar refractivity (Wildman–Crippen MR) is 58.0 cm³/mol. The second kappa shape index (κ2) is 3.49. The van der Waals surface area contributed by atoms with E-state index in [9.17, 15) is 0 Å². The zero-order valence-corrected chi connectivity index (χ0v) is 9.21. The molecule has 4 atom stereocenters. The summed E-state index contributed by atoms with van der Waals surface area (Å²) in [6.07, 6.45) is 9.50. The van der Waals surface area contributed by atoms with Crippen molar-refractivity contribution in [3.05, 3.63) is 0 Å². The molecule has 3 fully saturated rings. The molecular formula is C12H22N2. The summed E-state index contributed by atoms with van der Waals surface area (Å²) in [5, 5.41) is 3.71. The lowest BCUT2D eigenvalue weighted by Gasteiger charge is -2.31. The van der Waals surface area contributed by atoms with Gasteiger partial charge in [-0.25, -0.2) is 0 Å². The maximum atomic E-state index is 3.71. The van der Waals surface area contributed by atoms with E-state index in [1.165, 1.54) is 45.1 Å². The topological polar surface area (TPSA) is 15.3 Å². The fourth-order valence-electron chi connectivity index (χ4n) is 4.14. The largest absolute Gasteiger partial charge is 0.301 e. The SMILES string of the molecule is CN1C2CCCCC2C2CCCNC21. The number of nitrogens with zero attached hydrogens (tertiary/aromatic N) is 1. The van der Waals surface area contributed by atoms with Gasteiger partial charge in [-0.05, 0) is 51.1 Å². The maximum Gasteiger partial charge on any atom is 0.0629 e. The van der Waals surface area contributed by atoms with E-state index in [1.807, 2.05) is 0 Å². The van der Waals surface area contributed by atoms with Gasteiger partial charge in [0.05, 0.1) is 6.17 Å². The molecule has 1 aliphatic carbocycles. The third-order valence-corrected chi connectivity index (χ3v) is 4.77. The first-order chi connectivity index (χ1) is 6.88. The van der Waals surface area contributed by atoms with E-state index >= 15 is 0 Å². The van der Waals surface area contributed by atoms with Crippen molar-refractivity contribution in [3.63, 3.8) is 0 Å². The number of hydrogen-bond acceptors (Lipinski definition) is 2. The predicted octanol–water partition coefficient (Wildman–Crippen LogP) is 1.82. The molecular weight excluding hydrogens is 172 g/mol. The van der Waals surface area contributed by atoms with Crippen molar-refractivity contribution in [3.8, 4) is 0 Å². The smallest absolute Gasteiger partial charge is 0.0629 e. The van der Waals surface area contributed by atoms with Gasteiger partial charge in [-0.3, -0.25) is 4.90 Å². The zero-order chi connectivity index (χ0) is 9.54. The Bertz CT molecular complexity index is 194. The van der Waals surface area contributed by atoms with Crippen LogP contribution in [0.2, 0.25) is 0 Å². The molecule has 0 spiro atoms. The van der Waals surface area contributed by atoms with Gasteiger partial charge in [0.25, 0.3) is 0 Å². The molecule has 2 nitrogen and oxygen atoms in total. The van der Waals surface area contributed by atoms with Gasteiger partial charge in [0.2, 0.25) is 0 Å². The second-order valence-electron chi connectivity index (χ2n) is 5.39. The number of fused-ring (bicyclic) bond motifs is 3. The lowest BCUT2D eigenvalue weighted by atomic mass is 9.77. The van der Waals surface area contributed by atoms with Crippen LogP contribution in [0.15, 0.2) is 0 Å². The van der Waals surface area contributed by atoms with Crippen LogP contribution in [0.1, 0.15) is 38.5 Å². The fourth-order valence-corrected chi connectivity index (χ4v) is 4.14. The number of hydrogen-bond donors (Lipinski definition) is 1. The minimum atomic E-state index is 0.719. The monoisotopic (exact) mass is 194 g/mol. The first kappa shape index (κ1) is 9.17. The van der Waals surface area contributed by atoms with Crippen molar-refractivity contribution < 1.29 is 0 Å². The lowest BCUT2D eigenvalue weighted by Crippen LogP contribution is -2.47. The standard InChI is InChI=1S/C12H22N2/c1-14-11-7-3-2-5-9(11)10-6-4-8-13-12(10)14/h9-13H,2-8H2,1H3. The fraction of sp³-hybridized carbons (Fsp3) is 1.00. The van der Waals surface area contributed by atoms with Crippen molar-refractivity contribution in [2.45, 2.75) is 50.7 Å². The van der Waals surface area contributed by atoms with E-state index < -0.39 is 0 Å². The van der Waals surface area contributed by atoms with Crippen LogP contribution in [0.3, 0.4) is 0 Å². The Balaban J connectivity index is 1.83. The third-order valence-electron chi connectivity index (χ3n) is 4.77. The highest BCUT2D eigenvalue weighted by Gasteiger charge is 2.47. The van der Waals surface area contributed by atoms with E-state index in [1.54, 1.807) is 0 Å². The van der Waals surface area contributed by atoms with Gasteiger partial charge in [0.15, 0.2) is 0 Å². The quantitative estimate of drug-likeness (QED) is 0.633. The molecule has 2 aliphatic heterocycles. The molecule has 2 heterocycles. The minimum Gasteiger partial charge on any atom is -0.301 e. The molecule has 2 saturated heterocycles. The highest BCUT2D eigenvalue weighted by Crippen LogP contribution is 2.44. The molecule has 80 valence electrons. The lowest BCUT2D eigenvalue weighted by molar-refractivity contribution is 0.159. The molecule has 3 aliphatic rings. The summed E-state index contributed by atoms with van der Waals surface area (Å²) in [5.41, 5.74) is 0. The van der Waals surface area contributed by atoms with Crippen LogP contribution in [0, 0.1) is 11.8 Å². The van der Waals surface area contributed by atoms with Crippen molar-refractivity contribution in [2.75, 3.05) is 13.6 Å². The summed E-state index contributed by atoms with van der Waals surface area (Å²) in [5.74, 6) is 1.99. The van der Waals surface area contributed by atoms with Gasteiger partial charge in [-0.2, -0.15) is 0 Å². The minimum absolute atomic E-state index is 0.719. The summed E-state index contributed by atoms with van der Waals surface area (Å²) in [6.45, 7) is 1.24. The van der Waals surface area contributed by atoms with E-state index in [2.05, 4.69) is 17.3 Å². The first-order valence-electron chi connectivity index (χ1n) is 6.33. The summed E-state index contributed by atoms with van der Waals surface area (Å²) >= 11 is 0. The van der Waals surface area contributed by atoms with Gasteiger partial charge >= 0.3 is 0 Å². The molecule has 14 heavy (non-hydrogen) atoms. The van der Waals surface area contributed by atoms with Crippen LogP contribution in [0.5, 0.6) is 0 Å². The molecule has 0 aromatic carbocycles. The Labute approximate surface area is 87.0 Å². The molecule has 1 saturated carbocycles. The maximum absolute atomic E-state index is 3.71. The molecule has 0 aromatic heterocycles. The first-order valence-corrected chi connectivity index (χ1v) is 6.33. The van der Waals surface area contributed by atoms with Crippen molar-refractivity contribution in [1.82, 2.24) is 10.2 Å². The Morgan fingerprint density at radius 3 is 2.71 bits per heavy atom. The van der Waals surface area contributed by atoms with Crippen LogP contribution in [0.4, 0.5) is 0 Å². The van der Waals surface area contributed by atoms with Gasteiger partial charge in [-0.15, -0.1) is 0 Å². The van der Waals surface area contributed by atoms with Crippen LogP contribution < -0.4 is 5.32 Å². The molecule has 0 amide bonds. The molecule has 1 N–H and O–H groups in total. The molecule has 0 radical (unpaired) electrons. The molecule has 0 bridgehead atoms. The van der Waals surface area contributed by atoms with E-state index in [0.717, 1.165) is 24.0 Å². The Hall–Kier alpha value is -0.0800.